The highest BCUT2D eigenvalue weighted by atomic mass is 16.6. The highest BCUT2D eigenvalue weighted by molar-refractivity contribution is 5.73. The number of hydrogen-bond donors (Lipinski definition) is 2. The molecule has 0 unspecified atom stereocenters. The van der Waals surface area contributed by atoms with Crippen LogP contribution in [-0.2, 0) is 23.8 Å². The van der Waals surface area contributed by atoms with Gasteiger partial charge in [0, 0.05) is 23.3 Å². The minimum Gasteiger partial charge on any atom is -0.481 e. The van der Waals surface area contributed by atoms with Crippen LogP contribution in [0.25, 0.3) is 0 Å². The molecular weight excluding hydrogens is 542 g/mol. The summed E-state index contributed by atoms with van der Waals surface area (Å²) in [6.07, 6.45) is 7.17. The van der Waals surface area contributed by atoms with Crippen LogP contribution >= 0.6 is 0 Å². The van der Waals surface area contributed by atoms with Crippen LogP contribution in [0, 0.1) is 56.7 Å². The summed E-state index contributed by atoms with van der Waals surface area (Å²) in [7, 11) is 0. The summed E-state index contributed by atoms with van der Waals surface area (Å²) in [5.41, 5.74) is 5.89. The second kappa shape index (κ2) is 10.6. The fourth-order valence-corrected chi connectivity index (χ4v) is 11.5. The third kappa shape index (κ3) is 4.76. The number of allylic oxidation sites excluding steroid dienone is 1. The van der Waals surface area contributed by atoms with Gasteiger partial charge in [0.1, 0.15) is 12.2 Å². The van der Waals surface area contributed by atoms with Crippen LogP contribution in [0.4, 0.5) is 0 Å². The van der Waals surface area contributed by atoms with Crippen molar-refractivity contribution in [2.24, 2.45) is 62.4 Å². The average molecular weight is 602 g/mol. The largest absolute Gasteiger partial charge is 0.481 e. The summed E-state index contributed by atoms with van der Waals surface area (Å²) < 4.78 is 19.2. The molecule has 4 fully saturated rings. The SMILES string of the molecule is CC(=O)O[C@@H]1C[C@@]23COC[C@@](C)([C@@H]2CC[C@H]2C3=CC[C@@]3(C)[C@H](C(=O)O)[C@@](C)([C@H](C)C(C)C)CC[C@]23C)[C@H]1OCC(C)(C)N. The van der Waals surface area contributed by atoms with Gasteiger partial charge in [-0.15, -0.1) is 0 Å². The van der Waals surface area contributed by atoms with E-state index in [9.17, 15) is 14.7 Å². The van der Waals surface area contributed by atoms with Crippen molar-refractivity contribution in [3.05, 3.63) is 11.6 Å². The van der Waals surface area contributed by atoms with E-state index < -0.39 is 17.4 Å². The molecule has 0 radical (unpaired) electrons. The van der Waals surface area contributed by atoms with Gasteiger partial charge in [-0.25, -0.2) is 0 Å². The topological polar surface area (TPSA) is 108 Å². The molecule has 0 spiro atoms. The zero-order chi connectivity index (χ0) is 32.0. The minimum atomic E-state index is -0.642. The molecule has 1 saturated heterocycles. The lowest BCUT2D eigenvalue weighted by atomic mass is 9.34. The van der Waals surface area contributed by atoms with Crippen LogP contribution in [0.2, 0.25) is 0 Å². The monoisotopic (exact) mass is 601 g/mol. The predicted octanol–water partition coefficient (Wildman–Crippen LogP) is 6.63. The van der Waals surface area contributed by atoms with Gasteiger partial charge in [-0.1, -0.05) is 60.1 Å². The molecule has 0 aromatic rings. The number of esters is 1. The van der Waals surface area contributed by atoms with Gasteiger partial charge in [0.15, 0.2) is 0 Å². The predicted molar refractivity (Wildman–Crippen MR) is 167 cm³/mol. The molecule has 1 heterocycles. The standard InChI is InChI=1S/C36H59NO6/c1-21(2)22(3)32(7)15-16-34(9)24-11-12-27-33(8)19-41-20-36(27,25(24)13-14-35(34,10)28(32)30(39)40)17-26(43-23(4)38)29(33)42-18-31(5,6)37/h13,21-22,24,26-29H,11-12,14-20,37H2,1-10H3,(H,39,40)/t22-,24+,26-,27+,28-,29+,32-,33+,34-,35+,36+/m1/s1. The number of ether oxygens (including phenoxy) is 3. The summed E-state index contributed by atoms with van der Waals surface area (Å²) in [6, 6.07) is 0. The first-order valence-electron chi connectivity index (χ1n) is 16.9. The van der Waals surface area contributed by atoms with Crippen LogP contribution in [0.3, 0.4) is 0 Å². The number of aliphatic carboxylic acids is 1. The average Bonchev–Trinajstić information content (AvgIpc) is 2.87. The third-order valence-corrected chi connectivity index (χ3v) is 14.0. The third-order valence-electron chi connectivity index (χ3n) is 14.0. The van der Waals surface area contributed by atoms with Crippen LogP contribution in [-0.4, -0.2) is 54.6 Å². The Labute approximate surface area is 260 Å². The van der Waals surface area contributed by atoms with E-state index in [0.29, 0.717) is 44.0 Å². The van der Waals surface area contributed by atoms with Gasteiger partial charge in [-0.3, -0.25) is 9.59 Å². The molecule has 3 N–H and O–H groups in total. The lowest BCUT2D eigenvalue weighted by molar-refractivity contribution is -0.268. The Morgan fingerprint density at radius 3 is 2.35 bits per heavy atom. The van der Waals surface area contributed by atoms with Crippen molar-refractivity contribution in [2.45, 2.75) is 126 Å². The fraction of sp³-hybridized carbons (Fsp3) is 0.889. The second-order valence-electron chi connectivity index (χ2n) is 17.4. The molecule has 7 nitrogen and oxygen atoms in total. The Balaban J connectivity index is 1.59. The zero-order valence-corrected chi connectivity index (χ0v) is 28.5. The van der Waals surface area contributed by atoms with Crippen LogP contribution in [0.1, 0.15) is 108 Å². The van der Waals surface area contributed by atoms with Gasteiger partial charge >= 0.3 is 11.9 Å². The van der Waals surface area contributed by atoms with E-state index in [1.807, 2.05) is 13.8 Å². The first-order chi connectivity index (χ1) is 19.8. The Morgan fingerprint density at radius 1 is 1.09 bits per heavy atom. The second-order valence-corrected chi connectivity index (χ2v) is 17.4. The van der Waals surface area contributed by atoms with Crippen molar-refractivity contribution in [1.82, 2.24) is 0 Å². The Hall–Kier alpha value is -1.44. The highest BCUT2D eigenvalue weighted by Crippen LogP contribution is 2.75. The minimum absolute atomic E-state index is 0.155. The Morgan fingerprint density at radius 2 is 1.77 bits per heavy atom. The number of carbonyl (C=O) groups is 2. The van der Waals surface area contributed by atoms with Gasteiger partial charge in [0.25, 0.3) is 0 Å². The molecule has 0 aromatic heterocycles. The van der Waals surface area contributed by atoms with Gasteiger partial charge in [-0.05, 0) is 92.3 Å². The van der Waals surface area contributed by atoms with Crippen molar-refractivity contribution in [3.8, 4) is 0 Å². The van der Waals surface area contributed by atoms with E-state index in [2.05, 4.69) is 54.5 Å². The van der Waals surface area contributed by atoms with E-state index in [1.165, 1.54) is 12.5 Å². The molecule has 0 amide bonds. The lowest BCUT2D eigenvalue weighted by Gasteiger charge is -2.71. The smallest absolute Gasteiger partial charge is 0.307 e. The molecule has 3 saturated carbocycles. The van der Waals surface area contributed by atoms with Gasteiger partial charge in [0.05, 0.1) is 25.7 Å². The Bertz CT molecular complexity index is 1160. The molecule has 4 aliphatic carbocycles. The number of hydrogen-bond acceptors (Lipinski definition) is 6. The molecule has 0 aromatic carbocycles. The van der Waals surface area contributed by atoms with Crippen molar-refractivity contribution >= 4 is 11.9 Å². The molecular formula is C36H59NO6. The zero-order valence-electron chi connectivity index (χ0n) is 28.5. The Kier molecular flexibility index (Phi) is 8.08. The normalized spacial score (nSPS) is 46.6. The number of carboxylic acids is 1. The van der Waals surface area contributed by atoms with E-state index in [1.54, 1.807) is 0 Å². The summed E-state index contributed by atoms with van der Waals surface area (Å²) >= 11 is 0. The maximum Gasteiger partial charge on any atom is 0.307 e. The fourth-order valence-electron chi connectivity index (χ4n) is 11.5. The van der Waals surface area contributed by atoms with E-state index in [0.717, 1.165) is 32.1 Å². The first-order valence-corrected chi connectivity index (χ1v) is 16.9. The molecule has 11 atom stereocenters. The number of nitrogens with two attached hydrogens (primary N) is 1. The van der Waals surface area contributed by atoms with Gasteiger partial charge in [0.2, 0.25) is 0 Å². The van der Waals surface area contributed by atoms with Crippen molar-refractivity contribution < 1.29 is 28.9 Å². The van der Waals surface area contributed by atoms with Gasteiger partial charge < -0.3 is 25.1 Å². The molecule has 244 valence electrons. The summed E-state index contributed by atoms with van der Waals surface area (Å²) in [5, 5.41) is 10.9. The summed E-state index contributed by atoms with van der Waals surface area (Å²) in [6.45, 7) is 22.9. The maximum absolute atomic E-state index is 13.3. The van der Waals surface area contributed by atoms with Crippen molar-refractivity contribution in [3.63, 3.8) is 0 Å². The summed E-state index contributed by atoms with van der Waals surface area (Å²) in [4.78, 5) is 25.8. The number of rotatable bonds is 7. The quantitative estimate of drug-likeness (QED) is 0.249. The number of fused-ring (bicyclic) bond motifs is 3. The molecule has 2 bridgehead atoms. The van der Waals surface area contributed by atoms with Gasteiger partial charge in [-0.2, -0.15) is 0 Å². The molecule has 5 rings (SSSR count). The highest BCUT2D eigenvalue weighted by Gasteiger charge is 2.72. The number of carboxylic acid groups (broad SMARTS) is 1. The van der Waals surface area contributed by atoms with Crippen LogP contribution in [0.15, 0.2) is 11.6 Å². The lowest BCUT2D eigenvalue weighted by Crippen LogP contribution is -2.70. The molecule has 1 aliphatic heterocycles. The number of carbonyl (C=O) groups excluding carboxylic acids is 1. The molecule has 5 aliphatic rings. The van der Waals surface area contributed by atoms with Crippen LogP contribution < -0.4 is 5.73 Å². The molecule has 43 heavy (non-hydrogen) atoms. The van der Waals surface area contributed by atoms with E-state index in [-0.39, 0.29) is 51.2 Å². The van der Waals surface area contributed by atoms with E-state index >= 15 is 0 Å². The summed E-state index contributed by atoms with van der Waals surface area (Å²) in [5.74, 6) is -0.0326. The first kappa shape index (κ1) is 32.9. The molecule has 7 heteroatoms. The van der Waals surface area contributed by atoms with Crippen LogP contribution in [0.5, 0.6) is 0 Å². The van der Waals surface area contributed by atoms with E-state index in [4.69, 9.17) is 19.9 Å². The maximum atomic E-state index is 13.3. The van der Waals surface area contributed by atoms with Crippen molar-refractivity contribution in [1.29, 1.82) is 0 Å². The van der Waals surface area contributed by atoms with Crippen molar-refractivity contribution in [2.75, 3.05) is 19.8 Å².